The highest BCUT2D eigenvalue weighted by atomic mass is 32.1. The third kappa shape index (κ3) is 3.35. The van der Waals surface area contributed by atoms with E-state index in [-0.39, 0.29) is 5.82 Å². The molecule has 96 valence electrons. The number of aliphatic hydroxyl groups is 1. The number of halogens is 1. The molecule has 0 aliphatic rings. The van der Waals surface area contributed by atoms with Crippen molar-refractivity contribution < 1.29 is 9.50 Å². The van der Waals surface area contributed by atoms with Crippen LogP contribution in [0, 0.1) is 5.82 Å². The van der Waals surface area contributed by atoms with Crippen molar-refractivity contribution in [1.29, 1.82) is 0 Å². The van der Waals surface area contributed by atoms with Gasteiger partial charge < -0.3 is 10.4 Å². The quantitative estimate of drug-likeness (QED) is 0.872. The number of hydrogen-bond acceptors (Lipinski definition) is 4. The Kier molecular flexibility index (Phi) is 4.06. The molecule has 1 atom stereocenters. The largest absolute Gasteiger partial charge is 0.384 e. The number of nitrogens with zero attached hydrogens (tertiary/aromatic N) is 1. The van der Waals surface area contributed by atoms with Crippen LogP contribution in [0.2, 0.25) is 0 Å². The molecule has 2 N–H and O–H groups in total. The van der Waals surface area contributed by atoms with E-state index in [1.165, 1.54) is 12.1 Å². The first kappa shape index (κ1) is 13.1. The van der Waals surface area contributed by atoms with E-state index in [9.17, 15) is 9.50 Å². The maximum absolute atomic E-state index is 12.8. The molecule has 18 heavy (non-hydrogen) atoms. The molecule has 0 amide bonds. The van der Waals surface area contributed by atoms with E-state index in [2.05, 4.69) is 10.3 Å². The molecule has 2 aromatic rings. The van der Waals surface area contributed by atoms with Crippen LogP contribution in [0.1, 0.15) is 18.2 Å². The molecule has 0 aliphatic carbocycles. The van der Waals surface area contributed by atoms with E-state index in [0.717, 1.165) is 5.69 Å². The fourth-order valence-electron chi connectivity index (χ4n) is 1.67. The summed E-state index contributed by atoms with van der Waals surface area (Å²) in [7, 11) is 0. The second-order valence-electron chi connectivity index (χ2n) is 4.36. The lowest BCUT2D eigenvalue weighted by atomic mass is 9.96. The maximum Gasteiger partial charge on any atom is 0.123 e. The summed E-state index contributed by atoms with van der Waals surface area (Å²) in [5, 5.41) is 15.4. The molecule has 0 radical (unpaired) electrons. The summed E-state index contributed by atoms with van der Waals surface area (Å²) in [6.07, 6.45) is 0. The first-order valence-corrected chi connectivity index (χ1v) is 6.58. The monoisotopic (exact) mass is 266 g/mol. The Hall–Kier alpha value is -1.30. The molecule has 1 aromatic heterocycles. The van der Waals surface area contributed by atoms with Crippen molar-refractivity contribution in [2.75, 3.05) is 6.54 Å². The van der Waals surface area contributed by atoms with Crippen LogP contribution in [-0.2, 0) is 12.1 Å². The fourth-order valence-corrected chi connectivity index (χ4v) is 2.23. The first-order valence-electron chi connectivity index (χ1n) is 5.64. The summed E-state index contributed by atoms with van der Waals surface area (Å²) >= 11 is 1.54. The fraction of sp³-hybridized carbons (Fsp3) is 0.308. The molecule has 5 heteroatoms. The van der Waals surface area contributed by atoms with Gasteiger partial charge in [0, 0.05) is 18.5 Å². The third-order valence-corrected chi connectivity index (χ3v) is 3.36. The number of hydrogen-bond donors (Lipinski definition) is 2. The highest BCUT2D eigenvalue weighted by molar-refractivity contribution is 7.07. The minimum absolute atomic E-state index is 0.301. The van der Waals surface area contributed by atoms with E-state index in [0.29, 0.717) is 18.7 Å². The van der Waals surface area contributed by atoms with Crippen LogP contribution < -0.4 is 5.32 Å². The molecule has 0 saturated carbocycles. The number of benzene rings is 1. The van der Waals surface area contributed by atoms with Gasteiger partial charge in [-0.3, -0.25) is 0 Å². The Balaban J connectivity index is 1.92. The van der Waals surface area contributed by atoms with Crippen LogP contribution in [0.4, 0.5) is 4.39 Å². The van der Waals surface area contributed by atoms with Crippen molar-refractivity contribution in [2.24, 2.45) is 0 Å². The van der Waals surface area contributed by atoms with Gasteiger partial charge in [-0.05, 0) is 24.6 Å². The van der Waals surface area contributed by atoms with Crippen LogP contribution in [0.25, 0.3) is 0 Å². The number of nitrogens with one attached hydrogen (secondary N) is 1. The normalized spacial score (nSPS) is 14.4. The topological polar surface area (TPSA) is 45.1 Å². The second kappa shape index (κ2) is 5.56. The number of rotatable bonds is 5. The summed E-state index contributed by atoms with van der Waals surface area (Å²) < 4.78 is 12.8. The Morgan fingerprint density at radius 3 is 2.72 bits per heavy atom. The Morgan fingerprint density at radius 1 is 1.39 bits per heavy atom. The maximum atomic E-state index is 12.8. The summed E-state index contributed by atoms with van der Waals surface area (Å²) in [5.74, 6) is -0.301. The van der Waals surface area contributed by atoms with Crippen LogP contribution in [0.5, 0.6) is 0 Å². The third-order valence-electron chi connectivity index (χ3n) is 2.72. The molecule has 0 fully saturated rings. The molecule has 3 nitrogen and oxygen atoms in total. The molecular weight excluding hydrogens is 251 g/mol. The molecule has 1 unspecified atom stereocenters. The number of aromatic nitrogens is 1. The second-order valence-corrected chi connectivity index (χ2v) is 5.08. The Morgan fingerprint density at radius 2 is 2.11 bits per heavy atom. The average molecular weight is 266 g/mol. The van der Waals surface area contributed by atoms with Gasteiger partial charge in [-0.2, -0.15) is 0 Å². The molecule has 0 saturated heterocycles. The molecular formula is C13H15FN2OS. The Bertz CT molecular complexity index is 482. The zero-order valence-electron chi connectivity index (χ0n) is 10.1. The van der Waals surface area contributed by atoms with E-state index in [1.807, 2.05) is 5.38 Å². The van der Waals surface area contributed by atoms with E-state index in [4.69, 9.17) is 0 Å². The van der Waals surface area contributed by atoms with Gasteiger partial charge in [-0.15, -0.1) is 11.3 Å². The van der Waals surface area contributed by atoms with Gasteiger partial charge in [0.05, 0.1) is 16.8 Å². The highest BCUT2D eigenvalue weighted by Crippen LogP contribution is 2.20. The van der Waals surface area contributed by atoms with Crippen LogP contribution in [0.15, 0.2) is 35.2 Å². The zero-order chi connectivity index (χ0) is 13.0. The van der Waals surface area contributed by atoms with Crippen LogP contribution >= 0.6 is 11.3 Å². The highest BCUT2D eigenvalue weighted by Gasteiger charge is 2.22. The van der Waals surface area contributed by atoms with Gasteiger partial charge in [-0.25, -0.2) is 9.37 Å². The Labute approximate surface area is 109 Å². The molecule has 0 spiro atoms. The van der Waals surface area contributed by atoms with Gasteiger partial charge in [-0.1, -0.05) is 12.1 Å². The summed E-state index contributed by atoms with van der Waals surface area (Å²) in [5.41, 5.74) is 2.39. The molecule has 1 heterocycles. The van der Waals surface area contributed by atoms with Crippen molar-refractivity contribution >= 4 is 11.3 Å². The van der Waals surface area contributed by atoms with Gasteiger partial charge in [0.15, 0.2) is 0 Å². The zero-order valence-corrected chi connectivity index (χ0v) is 10.9. The lowest BCUT2D eigenvalue weighted by Crippen LogP contribution is -2.35. The smallest absolute Gasteiger partial charge is 0.123 e. The summed E-state index contributed by atoms with van der Waals surface area (Å²) in [4.78, 5) is 4.14. The summed E-state index contributed by atoms with van der Waals surface area (Å²) in [6, 6.07) is 5.90. The molecule has 0 aliphatic heterocycles. The minimum Gasteiger partial charge on any atom is -0.384 e. The van der Waals surface area contributed by atoms with Gasteiger partial charge >= 0.3 is 0 Å². The number of thiazole rings is 1. The van der Waals surface area contributed by atoms with Gasteiger partial charge in [0.2, 0.25) is 0 Å². The van der Waals surface area contributed by atoms with Crippen LogP contribution in [-0.4, -0.2) is 16.6 Å². The predicted octanol–water partition coefficient (Wildman–Crippen LogP) is 2.28. The van der Waals surface area contributed by atoms with Crippen LogP contribution in [0.3, 0.4) is 0 Å². The first-order chi connectivity index (χ1) is 8.58. The van der Waals surface area contributed by atoms with Crippen molar-refractivity contribution in [3.8, 4) is 0 Å². The average Bonchev–Trinajstić information content (AvgIpc) is 2.82. The van der Waals surface area contributed by atoms with Crippen molar-refractivity contribution in [3.63, 3.8) is 0 Å². The minimum atomic E-state index is -1.02. The van der Waals surface area contributed by atoms with Gasteiger partial charge in [0.1, 0.15) is 5.82 Å². The lowest BCUT2D eigenvalue weighted by Gasteiger charge is -2.24. The molecule has 2 rings (SSSR count). The summed E-state index contributed by atoms with van der Waals surface area (Å²) in [6.45, 7) is 2.70. The molecule has 1 aromatic carbocycles. The van der Waals surface area contributed by atoms with E-state index >= 15 is 0 Å². The molecule has 0 bridgehead atoms. The van der Waals surface area contributed by atoms with Gasteiger partial charge in [0.25, 0.3) is 0 Å². The standard InChI is InChI=1S/C13H15FN2OS/c1-13(17,10-2-4-11(14)5-3-10)8-15-6-12-7-18-9-16-12/h2-5,7,9,15,17H,6,8H2,1H3. The SMILES string of the molecule is CC(O)(CNCc1cscn1)c1ccc(F)cc1. The van der Waals surface area contributed by atoms with E-state index < -0.39 is 5.60 Å². The van der Waals surface area contributed by atoms with Crippen molar-refractivity contribution in [2.45, 2.75) is 19.1 Å². The van der Waals surface area contributed by atoms with Crippen molar-refractivity contribution in [1.82, 2.24) is 10.3 Å². The lowest BCUT2D eigenvalue weighted by molar-refractivity contribution is 0.0565. The van der Waals surface area contributed by atoms with Crippen molar-refractivity contribution in [3.05, 3.63) is 52.2 Å². The predicted molar refractivity (Wildman–Crippen MR) is 69.8 cm³/mol. The van der Waals surface area contributed by atoms with E-state index in [1.54, 1.807) is 35.9 Å².